The number of piperazine rings is 1. The quantitative estimate of drug-likeness (QED) is 0.398. The zero-order valence-corrected chi connectivity index (χ0v) is 16.8. The molecular weight excluding hydrogens is 387 g/mol. The molecule has 0 radical (unpaired) electrons. The number of benzene rings is 1. The van der Waals surface area contributed by atoms with Crippen molar-refractivity contribution in [3.63, 3.8) is 0 Å². The lowest BCUT2D eigenvalue weighted by Crippen LogP contribution is -2.53. The smallest absolute Gasteiger partial charge is 0.383 e. The van der Waals surface area contributed by atoms with Gasteiger partial charge in [0.25, 0.3) is 0 Å². The minimum Gasteiger partial charge on any atom is -0.383 e. The van der Waals surface area contributed by atoms with Gasteiger partial charge >= 0.3 is 6.18 Å². The predicted octanol–water partition coefficient (Wildman–Crippen LogP) is 1.16. The van der Waals surface area contributed by atoms with Gasteiger partial charge in [-0.25, -0.2) is 0 Å². The molecule has 1 saturated heterocycles. The molecule has 1 aliphatic heterocycles. The number of guanidine groups is 1. The summed E-state index contributed by atoms with van der Waals surface area (Å²) in [4.78, 5) is 20.1. The number of alkyl halides is 3. The van der Waals surface area contributed by atoms with Crippen molar-refractivity contribution in [3.8, 4) is 0 Å². The van der Waals surface area contributed by atoms with Crippen molar-refractivity contribution in [3.05, 3.63) is 35.4 Å². The Kier molecular flexibility index (Phi) is 8.71. The van der Waals surface area contributed by atoms with Crippen LogP contribution in [-0.4, -0.2) is 81.7 Å². The molecule has 0 bridgehead atoms. The standard InChI is InChI=1S/C19H28F3N5O2/c1-23-18(25-13-17(28)24-6-11-29-2)27-9-7-26(8-10-27)14-15-4-3-5-16(12-15)19(20,21)22/h3-5,12H,6-11,13-14H2,1-2H3,(H,23,25)(H,24,28). The van der Waals surface area contributed by atoms with Crippen LogP contribution in [0.3, 0.4) is 0 Å². The Hall–Kier alpha value is -2.33. The highest BCUT2D eigenvalue weighted by Gasteiger charge is 2.30. The molecular formula is C19H28F3N5O2. The number of nitrogens with zero attached hydrogens (tertiary/aromatic N) is 3. The van der Waals surface area contributed by atoms with E-state index in [0.717, 1.165) is 6.07 Å². The van der Waals surface area contributed by atoms with Crippen molar-refractivity contribution in [2.24, 2.45) is 4.99 Å². The molecule has 0 saturated carbocycles. The highest BCUT2D eigenvalue weighted by molar-refractivity contribution is 5.86. The van der Waals surface area contributed by atoms with Gasteiger partial charge in [-0.05, 0) is 11.6 Å². The Labute approximate surface area is 168 Å². The van der Waals surface area contributed by atoms with Gasteiger partial charge in [-0.2, -0.15) is 13.2 Å². The monoisotopic (exact) mass is 415 g/mol. The average molecular weight is 415 g/mol. The molecule has 1 fully saturated rings. The highest BCUT2D eigenvalue weighted by atomic mass is 19.4. The van der Waals surface area contributed by atoms with E-state index in [-0.39, 0.29) is 12.5 Å². The molecule has 10 heteroatoms. The van der Waals surface area contributed by atoms with Gasteiger partial charge in [0.1, 0.15) is 0 Å². The molecule has 1 amide bonds. The molecule has 162 valence electrons. The van der Waals surface area contributed by atoms with E-state index in [2.05, 4.69) is 20.5 Å². The SMILES string of the molecule is CN=C(NCC(=O)NCCOC)N1CCN(Cc2cccc(C(F)(F)F)c2)CC1. The van der Waals surface area contributed by atoms with Crippen LogP contribution in [0.1, 0.15) is 11.1 Å². The Bertz CT molecular complexity index is 689. The largest absolute Gasteiger partial charge is 0.416 e. The molecule has 7 nitrogen and oxygen atoms in total. The van der Waals surface area contributed by atoms with Crippen LogP contribution in [0.2, 0.25) is 0 Å². The van der Waals surface area contributed by atoms with Crippen LogP contribution in [0.15, 0.2) is 29.3 Å². The maximum absolute atomic E-state index is 12.9. The Morgan fingerprint density at radius 2 is 1.93 bits per heavy atom. The molecule has 2 rings (SSSR count). The third-order valence-corrected chi connectivity index (χ3v) is 4.58. The van der Waals surface area contributed by atoms with Crippen molar-refractivity contribution in [1.29, 1.82) is 0 Å². The van der Waals surface area contributed by atoms with Crippen LogP contribution in [0, 0.1) is 0 Å². The molecule has 2 N–H and O–H groups in total. The normalized spacial score (nSPS) is 16.0. The summed E-state index contributed by atoms with van der Waals surface area (Å²) in [6, 6.07) is 5.44. The lowest BCUT2D eigenvalue weighted by atomic mass is 10.1. The number of halogens is 3. The second kappa shape index (κ2) is 11.0. The van der Waals surface area contributed by atoms with Gasteiger partial charge in [-0.1, -0.05) is 18.2 Å². The van der Waals surface area contributed by atoms with E-state index < -0.39 is 11.7 Å². The van der Waals surface area contributed by atoms with E-state index in [9.17, 15) is 18.0 Å². The van der Waals surface area contributed by atoms with Gasteiger partial charge in [0, 0.05) is 53.4 Å². The summed E-state index contributed by atoms with van der Waals surface area (Å²) in [6.07, 6.45) is -4.33. The van der Waals surface area contributed by atoms with Crippen molar-refractivity contribution in [1.82, 2.24) is 20.4 Å². The molecule has 1 heterocycles. The topological polar surface area (TPSA) is 69.2 Å². The van der Waals surface area contributed by atoms with E-state index >= 15 is 0 Å². The van der Waals surface area contributed by atoms with E-state index in [1.165, 1.54) is 12.1 Å². The predicted molar refractivity (Wildman–Crippen MR) is 105 cm³/mol. The summed E-state index contributed by atoms with van der Waals surface area (Å²) in [5.74, 6) is 0.483. The molecule has 0 atom stereocenters. The number of methoxy groups -OCH3 is 1. The van der Waals surface area contributed by atoms with E-state index in [0.29, 0.717) is 57.4 Å². The zero-order valence-electron chi connectivity index (χ0n) is 16.8. The lowest BCUT2D eigenvalue weighted by Gasteiger charge is -2.36. The summed E-state index contributed by atoms with van der Waals surface area (Å²) in [7, 11) is 3.22. The minimum absolute atomic E-state index is 0.112. The van der Waals surface area contributed by atoms with Crippen LogP contribution in [0.25, 0.3) is 0 Å². The fraction of sp³-hybridized carbons (Fsp3) is 0.579. The number of carbonyl (C=O) groups is 1. The highest BCUT2D eigenvalue weighted by Crippen LogP contribution is 2.29. The number of amides is 1. The minimum atomic E-state index is -4.33. The Morgan fingerprint density at radius 3 is 2.55 bits per heavy atom. The number of hydrogen-bond donors (Lipinski definition) is 2. The first-order valence-corrected chi connectivity index (χ1v) is 9.43. The number of ether oxygens (including phenoxy) is 1. The van der Waals surface area contributed by atoms with Crippen LogP contribution in [-0.2, 0) is 22.3 Å². The molecule has 0 aliphatic carbocycles. The molecule has 1 aliphatic rings. The number of carbonyl (C=O) groups excluding carboxylic acids is 1. The first kappa shape index (κ1) is 23.0. The fourth-order valence-corrected chi connectivity index (χ4v) is 3.07. The van der Waals surface area contributed by atoms with E-state index in [1.807, 2.05) is 4.90 Å². The molecule has 29 heavy (non-hydrogen) atoms. The van der Waals surface area contributed by atoms with E-state index in [4.69, 9.17) is 4.74 Å². The molecule has 1 aromatic carbocycles. The van der Waals surface area contributed by atoms with Crippen LogP contribution in [0.5, 0.6) is 0 Å². The van der Waals surface area contributed by atoms with Gasteiger partial charge < -0.3 is 20.3 Å². The average Bonchev–Trinajstić information content (AvgIpc) is 2.69. The van der Waals surface area contributed by atoms with Gasteiger partial charge in [-0.15, -0.1) is 0 Å². The molecule has 0 spiro atoms. The van der Waals surface area contributed by atoms with Crippen LogP contribution < -0.4 is 10.6 Å². The van der Waals surface area contributed by atoms with Gasteiger partial charge in [0.2, 0.25) is 5.91 Å². The maximum atomic E-state index is 12.9. The van der Waals surface area contributed by atoms with Crippen LogP contribution in [0.4, 0.5) is 13.2 Å². The summed E-state index contributed by atoms with van der Waals surface area (Å²) in [5, 5.41) is 5.76. The van der Waals surface area contributed by atoms with Crippen molar-refractivity contribution < 1.29 is 22.7 Å². The van der Waals surface area contributed by atoms with Crippen molar-refractivity contribution in [2.75, 3.05) is 60.0 Å². The third kappa shape index (κ3) is 7.54. The van der Waals surface area contributed by atoms with Crippen molar-refractivity contribution >= 4 is 11.9 Å². The zero-order chi connectivity index (χ0) is 21.3. The number of aliphatic imine (C=N–C) groups is 1. The molecule has 0 unspecified atom stereocenters. The maximum Gasteiger partial charge on any atom is 0.416 e. The van der Waals surface area contributed by atoms with Gasteiger partial charge in [0.15, 0.2) is 5.96 Å². The molecule has 1 aromatic rings. The van der Waals surface area contributed by atoms with Gasteiger partial charge in [0.05, 0.1) is 18.7 Å². The number of hydrogen-bond acceptors (Lipinski definition) is 4. The van der Waals surface area contributed by atoms with Crippen molar-refractivity contribution in [2.45, 2.75) is 12.7 Å². The second-order valence-corrected chi connectivity index (χ2v) is 6.70. The second-order valence-electron chi connectivity index (χ2n) is 6.70. The summed E-state index contributed by atoms with van der Waals surface area (Å²) in [5.41, 5.74) is 0.0190. The number of rotatable bonds is 7. The fourth-order valence-electron chi connectivity index (χ4n) is 3.07. The third-order valence-electron chi connectivity index (χ3n) is 4.58. The van der Waals surface area contributed by atoms with E-state index in [1.54, 1.807) is 20.2 Å². The summed E-state index contributed by atoms with van der Waals surface area (Å²) < 4.78 is 43.5. The summed E-state index contributed by atoms with van der Waals surface area (Å²) in [6.45, 7) is 4.20. The summed E-state index contributed by atoms with van der Waals surface area (Å²) >= 11 is 0. The first-order valence-electron chi connectivity index (χ1n) is 9.43. The first-order chi connectivity index (χ1) is 13.8. The Morgan fingerprint density at radius 1 is 1.21 bits per heavy atom. The molecule has 0 aromatic heterocycles. The van der Waals surface area contributed by atoms with Crippen LogP contribution >= 0.6 is 0 Å². The Balaban J connectivity index is 1.79. The lowest BCUT2D eigenvalue weighted by molar-refractivity contribution is -0.137. The van der Waals surface area contributed by atoms with Gasteiger partial charge in [-0.3, -0.25) is 14.7 Å². The number of nitrogens with one attached hydrogen (secondary N) is 2.